The second-order valence-corrected chi connectivity index (χ2v) is 25.2. The molecule has 4 aromatic rings. The van der Waals surface area contributed by atoms with E-state index in [1.165, 1.54) is 43.1 Å². The molecule has 2 heterocycles. The first-order chi connectivity index (χ1) is 39.8. The highest BCUT2D eigenvalue weighted by Gasteiger charge is 2.37. The monoisotopic (exact) mass is 1190 g/mol. The van der Waals surface area contributed by atoms with E-state index in [1.807, 2.05) is 12.1 Å². The predicted molar refractivity (Wildman–Crippen MR) is 318 cm³/mol. The minimum atomic E-state index is -1.49. The average Bonchev–Trinajstić information content (AvgIpc) is 1.78. The lowest BCUT2D eigenvalue weighted by Crippen LogP contribution is -2.46. The van der Waals surface area contributed by atoms with Crippen molar-refractivity contribution in [2.45, 2.75) is 162 Å². The summed E-state index contributed by atoms with van der Waals surface area (Å²) in [5, 5.41) is 8.82. The second-order valence-electron chi connectivity index (χ2n) is 24.7. The summed E-state index contributed by atoms with van der Waals surface area (Å²) in [6.07, 6.45) is -2.93. The van der Waals surface area contributed by atoms with Crippen LogP contribution in [-0.4, -0.2) is 107 Å². The molecule has 3 N–H and O–H groups in total. The fourth-order valence-electron chi connectivity index (χ4n) is 9.90. The van der Waals surface area contributed by atoms with Crippen LogP contribution in [0, 0.1) is 17.8 Å². The number of carbonyl (C=O) groups excluding carboxylic acids is 10. The number of halogens is 1. The van der Waals surface area contributed by atoms with E-state index in [0.717, 1.165) is 11.1 Å². The number of hydrogen-bond acceptors (Lipinski definition) is 15. The molecule has 6 rings (SSSR count). The van der Waals surface area contributed by atoms with E-state index in [2.05, 4.69) is 16.0 Å². The van der Waals surface area contributed by atoms with Gasteiger partial charge < -0.3 is 44.5 Å². The molecular formula is C65H79ClN4O15. The number of alkyl carbamates (subject to hydrolysis) is 1. The van der Waals surface area contributed by atoms with Crippen LogP contribution in [0.15, 0.2) is 84.9 Å². The Hall–Kier alpha value is -7.93. The van der Waals surface area contributed by atoms with Crippen molar-refractivity contribution in [1.82, 2.24) is 20.9 Å². The summed E-state index contributed by atoms with van der Waals surface area (Å²) in [6.45, 7) is 17.2. The first-order valence-corrected chi connectivity index (χ1v) is 29.1. The number of ketones is 4. The molecule has 85 heavy (non-hydrogen) atoms. The van der Waals surface area contributed by atoms with Crippen molar-refractivity contribution < 1.29 is 71.6 Å². The number of nitrogens with zero attached hydrogens (tertiary/aromatic N) is 1. The quantitative estimate of drug-likeness (QED) is 0.0259. The number of benzene rings is 4. The molecule has 2 aliphatic rings. The van der Waals surface area contributed by atoms with Crippen molar-refractivity contribution in [2.24, 2.45) is 17.8 Å². The zero-order valence-electron chi connectivity index (χ0n) is 50.4. The Labute approximate surface area is 501 Å². The summed E-state index contributed by atoms with van der Waals surface area (Å²) in [7, 11) is 1.42. The van der Waals surface area contributed by atoms with Crippen LogP contribution in [0.5, 0.6) is 11.5 Å². The van der Waals surface area contributed by atoms with Crippen molar-refractivity contribution in [3.05, 3.63) is 107 Å². The minimum Gasteiger partial charge on any atom is -0.444 e. The van der Waals surface area contributed by atoms with E-state index >= 15 is 9.59 Å². The van der Waals surface area contributed by atoms with Crippen molar-refractivity contribution in [2.75, 3.05) is 20.1 Å². The SMILES string of the molecule is C[C@@H]1CC(=O)[C@@H](N(C)C(=O)[C@H](CCCCNC(=O)OC(C)(C)C)CC(=O)c2ccc(-c3ccc(Cl)cc3)cc2)c2ccc(OC(=O)OC(C)(C)C)c(c2)-c2cc(ccc2OC(=O)OC(C)(C)C)C[C@@H](C(=O)CCC(=O)CC2CCNC2=O)NC1=O. The number of likely N-dealkylation sites (N-methyl/N-ethyl adjacent to an activating group) is 1. The first kappa shape index (κ1) is 66.2. The highest BCUT2D eigenvalue weighted by molar-refractivity contribution is 6.30. The Bertz CT molecular complexity index is 3140. The van der Waals surface area contributed by atoms with Crippen LogP contribution >= 0.6 is 11.6 Å². The molecule has 2 aliphatic heterocycles. The lowest BCUT2D eigenvalue weighted by molar-refractivity contribution is -0.142. The van der Waals surface area contributed by atoms with Gasteiger partial charge >= 0.3 is 18.4 Å². The van der Waals surface area contributed by atoms with Crippen molar-refractivity contribution in [3.8, 4) is 33.8 Å². The minimum absolute atomic E-state index is 0.0490. The summed E-state index contributed by atoms with van der Waals surface area (Å²) in [6, 6.07) is 20.3. The van der Waals surface area contributed by atoms with Gasteiger partial charge in [-0.3, -0.25) is 33.6 Å². The highest BCUT2D eigenvalue weighted by Crippen LogP contribution is 2.42. The normalized spacial score (nSPS) is 17.7. The first-order valence-electron chi connectivity index (χ1n) is 28.7. The molecule has 4 bridgehead atoms. The third-order valence-corrected chi connectivity index (χ3v) is 14.3. The van der Waals surface area contributed by atoms with Gasteiger partial charge in [-0.15, -0.1) is 0 Å². The van der Waals surface area contributed by atoms with Crippen LogP contribution in [0.3, 0.4) is 0 Å². The predicted octanol–water partition coefficient (Wildman–Crippen LogP) is 11.5. The van der Waals surface area contributed by atoms with Crippen LogP contribution in [-0.2, 0) is 49.4 Å². The molecule has 19 nitrogen and oxygen atoms in total. The standard InChI is InChI=1S/C65H79ClN4O15/c1-38-32-53(74)56(70(11)59(77)45(14-12-13-30-68-60(78)83-63(2,3)4)37-52(73)42-18-16-40(17-19-42)41-20-23-46(66)24-21-41)43-22-28-55(82-62(80)85-65(8,9)10)49(36-43)48-33-39(15-27-54(48)81-61(79)84-64(5,6)7)34-50(69-57(38)75)51(72)26-25-47(71)35-44-29-31-67-58(44)76/h15-24,27-28,33,36,38,44-45,50,56H,12-14,25-26,29-32,34-35,37H2,1-11H3,(H,67,76)(H,68,78)(H,69,75)/t38-,44?,45-,50+,56+/m1/s1. The molecule has 0 saturated carbocycles. The van der Waals surface area contributed by atoms with Crippen molar-refractivity contribution >= 4 is 70.9 Å². The van der Waals surface area contributed by atoms with Gasteiger partial charge in [0.1, 0.15) is 40.1 Å². The summed E-state index contributed by atoms with van der Waals surface area (Å²) in [5.74, 6) is -6.22. The molecule has 20 heteroatoms. The second kappa shape index (κ2) is 28.8. The molecule has 4 aromatic carbocycles. The molecule has 456 valence electrons. The van der Waals surface area contributed by atoms with Gasteiger partial charge in [-0.25, -0.2) is 14.4 Å². The Morgan fingerprint density at radius 1 is 0.694 bits per heavy atom. The lowest BCUT2D eigenvalue weighted by atomic mass is 9.87. The fourth-order valence-corrected chi connectivity index (χ4v) is 10.0. The van der Waals surface area contributed by atoms with Gasteiger partial charge in [0.05, 0.1) is 6.04 Å². The summed E-state index contributed by atoms with van der Waals surface area (Å²) >= 11 is 6.13. The van der Waals surface area contributed by atoms with E-state index in [4.69, 9.17) is 35.3 Å². The number of amides is 4. The molecule has 4 amide bonds. The Kier molecular flexibility index (Phi) is 22.4. The highest BCUT2D eigenvalue weighted by atomic mass is 35.5. The number of carbonyl (C=O) groups is 10. The van der Waals surface area contributed by atoms with E-state index in [-0.39, 0.29) is 90.7 Å². The number of hydrogen-bond donors (Lipinski definition) is 3. The Morgan fingerprint density at radius 2 is 1.27 bits per heavy atom. The molecule has 1 unspecified atom stereocenters. The summed E-state index contributed by atoms with van der Waals surface area (Å²) in [4.78, 5) is 140. The molecule has 0 spiro atoms. The number of nitrogens with one attached hydrogen (secondary N) is 3. The number of Topliss-reactive ketones (excluding diaryl/α,β-unsaturated/α-hetero) is 4. The zero-order chi connectivity index (χ0) is 62.6. The number of ether oxygens (including phenoxy) is 5. The van der Waals surface area contributed by atoms with E-state index in [0.29, 0.717) is 42.0 Å². The van der Waals surface area contributed by atoms with Gasteiger partial charge in [-0.2, -0.15) is 0 Å². The van der Waals surface area contributed by atoms with Crippen molar-refractivity contribution in [3.63, 3.8) is 0 Å². The van der Waals surface area contributed by atoms with Crippen LogP contribution in [0.2, 0.25) is 5.02 Å². The van der Waals surface area contributed by atoms with Gasteiger partial charge in [0.15, 0.2) is 17.3 Å². The molecule has 1 fully saturated rings. The van der Waals surface area contributed by atoms with E-state index < -0.39 is 94.8 Å². The van der Waals surface area contributed by atoms with Crippen LogP contribution in [0.25, 0.3) is 22.3 Å². The Morgan fingerprint density at radius 3 is 1.85 bits per heavy atom. The fraction of sp³-hybridized carbons (Fsp3) is 0.477. The third-order valence-electron chi connectivity index (χ3n) is 14.1. The van der Waals surface area contributed by atoms with Crippen molar-refractivity contribution in [1.29, 1.82) is 0 Å². The van der Waals surface area contributed by atoms with Gasteiger partial charge in [-0.05, 0) is 147 Å². The lowest BCUT2D eigenvalue weighted by Gasteiger charge is -2.32. The topological polar surface area (TPSA) is 256 Å². The van der Waals surface area contributed by atoms with Crippen LogP contribution < -0.4 is 25.4 Å². The summed E-state index contributed by atoms with van der Waals surface area (Å²) in [5.41, 5.74) is -0.00143. The molecule has 0 aliphatic carbocycles. The smallest absolute Gasteiger partial charge is 0.444 e. The largest absolute Gasteiger partial charge is 0.514 e. The Balaban J connectivity index is 1.44. The average molecular weight is 1190 g/mol. The van der Waals surface area contributed by atoms with Crippen LogP contribution in [0.1, 0.15) is 155 Å². The molecule has 0 aromatic heterocycles. The molecule has 0 radical (unpaired) electrons. The number of fused-ring (bicyclic) bond motifs is 5. The van der Waals surface area contributed by atoms with Gasteiger partial charge in [0, 0.05) is 91.7 Å². The van der Waals surface area contributed by atoms with Gasteiger partial charge in [-0.1, -0.05) is 73.5 Å². The number of unbranched alkanes of at least 4 members (excludes halogenated alkanes) is 1. The third kappa shape index (κ3) is 20.1. The maximum atomic E-state index is 15.4. The van der Waals surface area contributed by atoms with Gasteiger partial charge in [0.2, 0.25) is 17.7 Å². The molecule has 1 saturated heterocycles. The van der Waals surface area contributed by atoms with Crippen LogP contribution in [0.4, 0.5) is 14.4 Å². The van der Waals surface area contributed by atoms with E-state index in [9.17, 15) is 38.4 Å². The maximum Gasteiger partial charge on any atom is 0.514 e. The maximum absolute atomic E-state index is 15.4. The number of rotatable bonds is 19. The van der Waals surface area contributed by atoms with E-state index in [1.54, 1.807) is 111 Å². The molecular weight excluding hydrogens is 1110 g/mol. The zero-order valence-corrected chi connectivity index (χ0v) is 51.2. The molecule has 5 atom stereocenters. The van der Waals surface area contributed by atoms with Gasteiger partial charge in [0.25, 0.3) is 0 Å². The summed E-state index contributed by atoms with van der Waals surface area (Å²) < 4.78 is 28.3.